The highest BCUT2D eigenvalue weighted by molar-refractivity contribution is 6.01. The Labute approximate surface area is 189 Å². The molecule has 1 saturated heterocycles. The Balaban J connectivity index is 1.43. The Kier molecular flexibility index (Phi) is 4.76. The van der Waals surface area contributed by atoms with Gasteiger partial charge in [0.15, 0.2) is 0 Å². The lowest BCUT2D eigenvalue weighted by molar-refractivity contribution is 0.0664. The molecule has 1 aliphatic carbocycles. The number of nitrogens with one attached hydrogen (secondary N) is 1. The van der Waals surface area contributed by atoms with E-state index in [0.29, 0.717) is 11.8 Å². The van der Waals surface area contributed by atoms with Crippen molar-refractivity contribution in [1.29, 1.82) is 0 Å². The highest BCUT2D eigenvalue weighted by Gasteiger charge is 2.40. The molecule has 0 saturated carbocycles. The quantitative estimate of drug-likeness (QED) is 0.586. The van der Waals surface area contributed by atoms with Gasteiger partial charge in [-0.2, -0.15) is 0 Å². The molecule has 4 nitrogen and oxygen atoms in total. The van der Waals surface area contributed by atoms with E-state index in [0.717, 1.165) is 43.9 Å². The molecular weight excluding hydrogens is 394 g/mol. The fraction of sp³-hybridized carbons (Fsp3) is 0.321. The van der Waals surface area contributed by atoms with Crippen LogP contribution in [0.3, 0.4) is 0 Å². The number of anilines is 1. The third kappa shape index (κ3) is 3.13. The SMILES string of the molecule is CN1CCN(C(=O)c2cccc3c2NC(c2cccc4ccccc24)C2CC=CC32)CC1. The van der Waals surface area contributed by atoms with Crippen LogP contribution in [-0.2, 0) is 0 Å². The number of rotatable bonds is 2. The summed E-state index contributed by atoms with van der Waals surface area (Å²) in [5, 5.41) is 6.44. The number of carbonyl (C=O) groups excluding carboxylic acids is 1. The maximum absolute atomic E-state index is 13.6. The number of likely N-dealkylation sites (N-methyl/N-ethyl adjacent to an activating group) is 1. The van der Waals surface area contributed by atoms with E-state index in [-0.39, 0.29) is 11.9 Å². The van der Waals surface area contributed by atoms with Crippen molar-refractivity contribution in [2.45, 2.75) is 18.4 Å². The zero-order chi connectivity index (χ0) is 21.7. The number of allylic oxidation sites excluding steroid dienone is 2. The average Bonchev–Trinajstić information content (AvgIpc) is 3.33. The van der Waals surface area contributed by atoms with E-state index in [1.807, 2.05) is 11.0 Å². The third-order valence-electron chi connectivity index (χ3n) is 7.58. The van der Waals surface area contributed by atoms with Crippen molar-refractivity contribution in [2.75, 3.05) is 38.5 Å². The molecule has 2 heterocycles. The Hall–Kier alpha value is -3.11. The van der Waals surface area contributed by atoms with Gasteiger partial charge in [-0.05, 0) is 47.4 Å². The molecule has 1 N–H and O–H groups in total. The number of nitrogens with zero attached hydrogens (tertiary/aromatic N) is 2. The van der Waals surface area contributed by atoms with Crippen LogP contribution in [-0.4, -0.2) is 48.9 Å². The molecule has 3 atom stereocenters. The lowest BCUT2D eigenvalue weighted by Gasteiger charge is -2.39. The van der Waals surface area contributed by atoms with Gasteiger partial charge < -0.3 is 15.1 Å². The standard InChI is InChI=1S/C28H29N3O/c1-30-15-17-31(18-16-30)28(32)25-14-6-13-24-21-10-5-12-23(21)26(29-27(24)25)22-11-4-8-19-7-2-3-9-20(19)22/h2-11,13-14,21,23,26,29H,12,15-18H2,1H3. The maximum Gasteiger partial charge on any atom is 0.256 e. The predicted octanol–water partition coefficient (Wildman–Crippen LogP) is 5.05. The van der Waals surface area contributed by atoms with Crippen molar-refractivity contribution in [3.05, 3.63) is 89.5 Å². The topological polar surface area (TPSA) is 35.6 Å². The number of fused-ring (bicyclic) bond motifs is 4. The van der Waals surface area contributed by atoms with Gasteiger partial charge in [-0.25, -0.2) is 0 Å². The van der Waals surface area contributed by atoms with E-state index in [9.17, 15) is 4.79 Å². The Morgan fingerprint density at radius 1 is 0.906 bits per heavy atom. The van der Waals surface area contributed by atoms with Gasteiger partial charge in [-0.1, -0.05) is 66.7 Å². The second-order valence-electron chi connectivity index (χ2n) is 9.41. The van der Waals surface area contributed by atoms with Crippen molar-refractivity contribution < 1.29 is 4.79 Å². The Morgan fingerprint density at radius 2 is 1.66 bits per heavy atom. The van der Waals surface area contributed by atoms with E-state index in [4.69, 9.17) is 0 Å². The van der Waals surface area contributed by atoms with Crippen LogP contribution in [0.2, 0.25) is 0 Å². The van der Waals surface area contributed by atoms with Gasteiger partial charge in [-0.15, -0.1) is 0 Å². The van der Waals surface area contributed by atoms with E-state index in [1.54, 1.807) is 0 Å². The summed E-state index contributed by atoms with van der Waals surface area (Å²) >= 11 is 0. The molecule has 3 aromatic rings. The molecule has 3 aliphatic rings. The molecule has 162 valence electrons. The minimum absolute atomic E-state index is 0.152. The normalized spacial score (nSPS) is 24.8. The fourth-order valence-corrected chi connectivity index (χ4v) is 5.81. The maximum atomic E-state index is 13.6. The number of benzene rings is 3. The van der Waals surface area contributed by atoms with Crippen LogP contribution in [0.1, 0.15) is 39.9 Å². The number of carbonyl (C=O) groups is 1. The summed E-state index contributed by atoms with van der Waals surface area (Å²) in [6.07, 6.45) is 5.73. The summed E-state index contributed by atoms with van der Waals surface area (Å²) in [7, 11) is 2.12. The summed E-state index contributed by atoms with van der Waals surface area (Å²) < 4.78 is 0. The largest absolute Gasteiger partial charge is 0.377 e. The van der Waals surface area contributed by atoms with E-state index >= 15 is 0 Å². The number of amides is 1. The van der Waals surface area contributed by atoms with Crippen LogP contribution < -0.4 is 5.32 Å². The number of piperazine rings is 1. The molecule has 32 heavy (non-hydrogen) atoms. The molecule has 0 bridgehead atoms. The van der Waals surface area contributed by atoms with Crippen molar-refractivity contribution >= 4 is 22.4 Å². The summed E-state index contributed by atoms with van der Waals surface area (Å²) in [6, 6.07) is 21.7. The predicted molar refractivity (Wildman–Crippen MR) is 130 cm³/mol. The van der Waals surface area contributed by atoms with Crippen molar-refractivity contribution in [2.24, 2.45) is 5.92 Å². The van der Waals surface area contributed by atoms with Crippen LogP contribution in [0, 0.1) is 5.92 Å². The number of hydrogen-bond donors (Lipinski definition) is 1. The molecule has 4 heteroatoms. The highest BCUT2D eigenvalue weighted by Crippen LogP contribution is 2.51. The van der Waals surface area contributed by atoms with Gasteiger partial charge >= 0.3 is 0 Å². The molecule has 2 aliphatic heterocycles. The van der Waals surface area contributed by atoms with Crippen molar-refractivity contribution in [1.82, 2.24) is 9.80 Å². The minimum Gasteiger partial charge on any atom is -0.377 e. The first-order valence-corrected chi connectivity index (χ1v) is 11.7. The zero-order valence-electron chi connectivity index (χ0n) is 18.5. The van der Waals surface area contributed by atoms with Crippen molar-refractivity contribution in [3.8, 4) is 0 Å². The summed E-state index contributed by atoms with van der Waals surface area (Å²) in [5.41, 5.74) is 4.44. The first-order chi connectivity index (χ1) is 15.7. The number of para-hydroxylation sites is 1. The highest BCUT2D eigenvalue weighted by atomic mass is 16.2. The Morgan fingerprint density at radius 3 is 2.53 bits per heavy atom. The van der Waals surface area contributed by atoms with E-state index in [1.165, 1.54) is 21.9 Å². The molecule has 0 radical (unpaired) electrons. The number of hydrogen-bond acceptors (Lipinski definition) is 3. The van der Waals surface area contributed by atoms with Gasteiger partial charge in [-0.3, -0.25) is 4.79 Å². The second-order valence-corrected chi connectivity index (χ2v) is 9.41. The van der Waals surface area contributed by atoms with Crippen LogP contribution in [0.5, 0.6) is 0 Å². The average molecular weight is 424 g/mol. The van der Waals surface area contributed by atoms with Gasteiger partial charge in [0.1, 0.15) is 0 Å². The van der Waals surface area contributed by atoms with Crippen LogP contribution >= 0.6 is 0 Å². The van der Waals surface area contributed by atoms with Crippen molar-refractivity contribution in [3.63, 3.8) is 0 Å². The zero-order valence-corrected chi connectivity index (χ0v) is 18.5. The van der Waals surface area contributed by atoms with Gasteiger partial charge in [0.25, 0.3) is 5.91 Å². The molecule has 3 aromatic carbocycles. The smallest absolute Gasteiger partial charge is 0.256 e. The van der Waals surface area contributed by atoms with Crippen LogP contribution in [0.15, 0.2) is 72.8 Å². The first kappa shape index (κ1) is 19.6. The van der Waals surface area contributed by atoms with Gasteiger partial charge in [0, 0.05) is 32.1 Å². The molecular formula is C28H29N3O. The summed E-state index contributed by atoms with van der Waals surface area (Å²) in [4.78, 5) is 17.9. The first-order valence-electron chi connectivity index (χ1n) is 11.7. The minimum atomic E-state index is 0.152. The van der Waals surface area contributed by atoms with Crippen LogP contribution in [0.25, 0.3) is 10.8 Å². The molecule has 6 rings (SSSR count). The Bertz CT molecular complexity index is 1200. The second kappa shape index (κ2) is 7.79. The van der Waals surface area contributed by atoms with Gasteiger partial charge in [0.2, 0.25) is 0 Å². The van der Waals surface area contributed by atoms with Crippen LogP contribution in [0.4, 0.5) is 5.69 Å². The fourth-order valence-electron chi connectivity index (χ4n) is 5.81. The van der Waals surface area contributed by atoms with Gasteiger partial charge in [0.05, 0.1) is 17.3 Å². The molecule has 3 unspecified atom stereocenters. The lowest BCUT2D eigenvalue weighted by atomic mass is 9.75. The lowest BCUT2D eigenvalue weighted by Crippen LogP contribution is -2.47. The van der Waals surface area contributed by atoms with E-state index < -0.39 is 0 Å². The third-order valence-corrected chi connectivity index (χ3v) is 7.58. The summed E-state index contributed by atoms with van der Waals surface area (Å²) in [5.74, 6) is 0.956. The molecule has 0 spiro atoms. The molecule has 0 aromatic heterocycles. The summed E-state index contributed by atoms with van der Waals surface area (Å²) in [6.45, 7) is 3.44. The monoisotopic (exact) mass is 423 g/mol. The molecule has 1 amide bonds. The molecule has 1 fully saturated rings. The van der Waals surface area contributed by atoms with E-state index in [2.05, 4.69) is 84.0 Å².